The zero-order valence-electron chi connectivity index (χ0n) is 19.8. The van der Waals surface area contributed by atoms with Crippen molar-refractivity contribution in [3.8, 4) is 16.9 Å². The Kier molecular flexibility index (Phi) is 7.13. The Bertz CT molecular complexity index is 1360. The van der Waals surface area contributed by atoms with Gasteiger partial charge < -0.3 is 14.4 Å². The highest BCUT2D eigenvalue weighted by atomic mass is 19.1. The summed E-state index contributed by atoms with van der Waals surface area (Å²) in [6.07, 6.45) is 0.469. The normalized spacial score (nSPS) is 11.4. The number of halogens is 1. The van der Waals surface area contributed by atoms with E-state index in [1.807, 2.05) is 62.4 Å². The minimum atomic E-state index is -0.260. The highest BCUT2D eigenvalue weighted by Crippen LogP contribution is 2.36. The van der Waals surface area contributed by atoms with Crippen molar-refractivity contribution < 1.29 is 14.2 Å². The zero-order chi connectivity index (χ0) is 24.2. The Labute approximate surface area is 199 Å². The van der Waals surface area contributed by atoms with Crippen molar-refractivity contribution in [3.63, 3.8) is 0 Å². The smallest absolute Gasteiger partial charge is 0.258 e. The number of pyridine rings is 1. The van der Waals surface area contributed by atoms with E-state index in [0.29, 0.717) is 36.3 Å². The molecule has 4 nitrogen and oxygen atoms in total. The van der Waals surface area contributed by atoms with Crippen molar-refractivity contribution in [1.82, 2.24) is 4.57 Å². The summed E-state index contributed by atoms with van der Waals surface area (Å²) in [6.45, 7) is 6.64. The topological polar surface area (TPSA) is 51.5 Å². The Morgan fingerprint density at radius 3 is 2.44 bits per heavy atom. The molecule has 0 radical (unpaired) electrons. The quantitative estimate of drug-likeness (QED) is 0.341. The lowest BCUT2D eigenvalue weighted by Crippen LogP contribution is -2.26. The van der Waals surface area contributed by atoms with Gasteiger partial charge in [-0.3, -0.25) is 4.79 Å². The molecule has 3 aromatic carbocycles. The van der Waals surface area contributed by atoms with Gasteiger partial charge in [0.05, 0.1) is 5.39 Å². The second kappa shape index (κ2) is 10.2. The van der Waals surface area contributed by atoms with E-state index in [0.717, 1.165) is 27.8 Å². The van der Waals surface area contributed by atoms with Crippen molar-refractivity contribution in [3.05, 3.63) is 99.7 Å². The molecule has 0 amide bonds. The summed E-state index contributed by atoms with van der Waals surface area (Å²) in [7, 11) is 0. The number of benzene rings is 3. The SMILES string of the molecule is Cc1cc(-c2c(C(C)C)n(CCCO)c(=O)c3cc(OCc4ccccc4)ccc23)ccc1F. The first-order chi connectivity index (χ1) is 16.4. The molecular formula is C29H30FNO3. The van der Waals surface area contributed by atoms with E-state index >= 15 is 0 Å². The zero-order valence-corrected chi connectivity index (χ0v) is 19.8. The summed E-state index contributed by atoms with van der Waals surface area (Å²) in [5.74, 6) is 0.398. The van der Waals surface area contributed by atoms with Crippen LogP contribution in [0.5, 0.6) is 5.75 Å². The minimum Gasteiger partial charge on any atom is -0.489 e. The van der Waals surface area contributed by atoms with Crippen LogP contribution in [0.15, 0.2) is 71.5 Å². The third kappa shape index (κ3) is 4.75. The van der Waals surface area contributed by atoms with Crippen molar-refractivity contribution in [2.75, 3.05) is 6.61 Å². The van der Waals surface area contributed by atoms with Crippen LogP contribution in [0.25, 0.3) is 21.9 Å². The lowest BCUT2D eigenvalue weighted by atomic mass is 9.91. The average Bonchev–Trinajstić information content (AvgIpc) is 2.84. The summed E-state index contributed by atoms with van der Waals surface area (Å²) >= 11 is 0. The second-order valence-electron chi connectivity index (χ2n) is 8.89. The first-order valence-corrected chi connectivity index (χ1v) is 11.6. The molecule has 1 aromatic heterocycles. The van der Waals surface area contributed by atoms with Gasteiger partial charge in [-0.05, 0) is 71.7 Å². The Hall–Kier alpha value is -3.44. The molecule has 0 saturated carbocycles. The number of rotatable bonds is 8. The van der Waals surface area contributed by atoms with Crippen molar-refractivity contribution in [2.24, 2.45) is 0 Å². The molecule has 5 heteroatoms. The number of hydrogen-bond donors (Lipinski definition) is 1. The van der Waals surface area contributed by atoms with E-state index in [4.69, 9.17) is 4.74 Å². The Morgan fingerprint density at radius 1 is 1.00 bits per heavy atom. The molecule has 1 N–H and O–H groups in total. The number of aromatic nitrogens is 1. The third-order valence-corrected chi connectivity index (χ3v) is 6.06. The maximum Gasteiger partial charge on any atom is 0.258 e. The second-order valence-corrected chi connectivity index (χ2v) is 8.89. The van der Waals surface area contributed by atoms with Gasteiger partial charge in [0.2, 0.25) is 0 Å². The molecule has 0 unspecified atom stereocenters. The molecular weight excluding hydrogens is 429 g/mol. The molecule has 4 aromatic rings. The van der Waals surface area contributed by atoms with E-state index in [-0.39, 0.29) is 23.9 Å². The van der Waals surface area contributed by atoms with Gasteiger partial charge in [-0.1, -0.05) is 50.2 Å². The van der Waals surface area contributed by atoms with Crippen LogP contribution in [0.3, 0.4) is 0 Å². The Morgan fingerprint density at radius 2 is 1.76 bits per heavy atom. The number of fused-ring (bicyclic) bond motifs is 1. The maximum atomic E-state index is 14.1. The number of ether oxygens (including phenoxy) is 1. The molecule has 176 valence electrons. The summed E-state index contributed by atoms with van der Waals surface area (Å²) in [5, 5.41) is 10.8. The summed E-state index contributed by atoms with van der Waals surface area (Å²) in [6, 6.07) is 20.5. The average molecular weight is 460 g/mol. The first-order valence-electron chi connectivity index (χ1n) is 11.6. The molecule has 4 rings (SSSR count). The van der Waals surface area contributed by atoms with E-state index in [1.165, 1.54) is 6.07 Å². The molecule has 0 aliphatic rings. The van der Waals surface area contributed by atoms with E-state index in [1.54, 1.807) is 23.6 Å². The number of nitrogens with zero attached hydrogens (tertiary/aromatic N) is 1. The predicted octanol–water partition coefficient (Wildman–Crippen LogP) is 6.20. The molecule has 1 heterocycles. The lowest BCUT2D eigenvalue weighted by Gasteiger charge is -2.23. The van der Waals surface area contributed by atoms with Gasteiger partial charge in [0.15, 0.2) is 0 Å². The highest BCUT2D eigenvalue weighted by Gasteiger charge is 2.21. The molecule has 0 bridgehead atoms. The van der Waals surface area contributed by atoms with Crippen LogP contribution in [0.4, 0.5) is 4.39 Å². The fraction of sp³-hybridized carbons (Fsp3) is 0.276. The summed E-state index contributed by atoms with van der Waals surface area (Å²) in [4.78, 5) is 13.7. The van der Waals surface area contributed by atoms with Crippen LogP contribution in [-0.2, 0) is 13.2 Å². The standard InChI is InChI=1S/C29H30FNO3/c1-19(2)28-27(22-10-13-26(30)20(3)16-22)24-12-11-23(34-18-21-8-5-4-6-9-21)17-25(24)29(33)31(28)14-7-15-32/h4-6,8-13,16-17,19,32H,7,14-15,18H2,1-3H3. The molecule has 0 aliphatic carbocycles. The highest BCUT2D eigenvalue weighted by molar-refractivity contribution is 5.98. The van der Waals surface area contributed by atoms with E-state index in [2.05, 4.69) is 0 Å². The van der Waals surface area contributed by atoms with Crippen LogP contribution in [-0.4, -0.2) is 16.3 Å². The van der Waals surface area contributed by atoms with Crippen molar-refractivity contribution in [1.29, 1.82) is 0 Å². The lowest BCUT2D eigenvalue weighted by molar-refractivity contribution is 0.278. The predicted molar refractivity (Wildman–Crippen MR) is 135 cm³/mol. The van der Waals surface area contributed by atoms with Crippen LogP contribution in [0, 0.1) is 12.7 Å². The van der Waals surface area contributed by atoms with Gasteiger partial charge in [-0.2, -0.15) is 0 Å². The number of aryl methyl sites for hydroxylation is 1. The number of aliphatic hydroxyl groups excluding tert-OH is 1. The van der Waals surface area contributed by atoms with Gasteiger partial charge in [0.25, 0.3) is 5.56 Å². The largest absolute Gasteiger partial charge is 0.489 e. The first kappa shape index (κ1) is 23.7. The maximum absolute atomic E-state index is 14.1. The molecule has 0 atom stereocenters. The van der Waals surface area contributed by atoms with Gasteiger partial charge in [-0.25, -0.2) is 4.39 Å². The van der Waals surface area contributed by atoms with Crippen LogP contribution in [0.1, 0.15) is 43.0 Å². The fourth-order valence-electron chi connectivity index (χ4n) is 4.43. The molecule has 0 aliphatic heterocycles. The minimum absolute atomic E-state index is 0.00672. The van der Waals surface area contributed by atoms with Gasteiger partial charge in [0.1, 0.15) is 18.2 Å². The van der Waals surface area contributed by atoms with E-state index in [9.17, 15) is 14.3 Å². The van der Waals surface area contributed by atoms with E-state index < -0.39 is 0 Å². The van der Waals surface area contributed by atoms with Gasteiger partial charge in [0, 0.05) is 24.4 Å². The molecule has 34 heavy (non-hydrogen) atoms. The molecule has 0 spiro atoms. The molecule has 0 saturated heterocycles. The Balaban J connectivity index is 1.92. The monoisotopic (exact) mass is 459 g/mol. The third-order valence-electron chi connectivity index (χ3n) is 6.06. The van der Waals surface area contributed by atoms with Crippen molar-refractivity contribution in [2.45, 2.75) is 46.3 Å². The van der Waals surface area contributed by atoms with Crippen LogP contribution >= 0.6 is 0 Å². The molecule has 0 fully saturated rings. The van der Waals surface area contributed by atoms with Crippen LogP contribution < -0.4 is 10.3 Å². The summed E-state index contributed by atoms with van der Waals surface area (Å²) in [5.41, 5.74) is 4.15. The van der Waals surface area contributed by atoms with Gasteiger partial charge >= 0.3 is 0 Å². The fourth-order valence-corrected chi connectivity index (χ4v) is 4.43. The van der Waals surface area contributed by atoms with Gasteiger partial charge in [-0.15, -0.1) is 0 Å². The van der Waals surface area contributed by atoms with Crippen LogP contribution in [0.2, 0.25) is 0 Å². The summed E-state index contributed by atoms with van der Waals surface area (Å²) < 4.78 is 21.8. The number of aliphatic hydroxyl groups is 1. The number of hydrogen-bond acceptors (Lipinski definition) is 3. The van der Waals surface area contributed by atoms with Crippen molar-refractivity contribution >= 4 is 10.8 Å².